The van der Waals surface area contributed by atoms with E-state index in [1.54, 1.807) is 24.3 Å². The molecule has 0 fully saturated rings. The van der Waals surface area contributed by atoms with Crippen molar-refractivity contribution in [2.45, 2.75) is 38.4 Å². The Kier molecular flexibility index (Phi) is 7.55. The number of aryl methyl sites for hydroxylation is 1. The maximum atomic E-state index is 12.8. The largest absolute Gasteiger partial charge is 0.494 e. The van der Waals surface area contributed by atoms with Crippen LogP contribution in [0.25, 0.3) is 21.9 Å². The predicted molar refractivity (Wildman–Crippen MR) is 125 cm³/mol. The van der Waals surface area contributed by atoms with E-state index >= 15 is 0 Å². The highest BCUT2D eigenvalue weighted by atomic mass is 19.4. The molecule has 2 heterocycles. The molecule has 1 atom stereocenters. The molecule has 4 aromatic rings. The molecule has 0 saturated carbocycles. The number of aromatic nitrogens is 3. The second-order valence-corrected chi connectivity index (χ2v) is 8.46. The molecule has 194 valence electrons. The third-order valence-electron chi connectivity index (χ3n) is 5.74. The number of Topliss-reactive ketones (excluding diaryl/α,β-unsaturated/α-hetero) is 1. The van der Waals surface area contributed by atoms with E-state index in [1.165, 1.54) is 24.3 Å². The van der Waals surface area contributed by atoms with Crippen LogP contribution in [-0.2, 0) is 11.3 Å². The molecule has 0 radical (unpaired) electrons. The van der Waals surface area contributed by atoms with E-state index in [4.69, 9.17) is 9.15 Å². The molecule has 9 nitrogen and oxygen atoms in total. The molecule has 1 N–H and O–H groups in total. The molecule has 2 aromatic carbocycles. The van der Waals surface area contributed by atoms with Crippen LogP contribution in [0.15, 0.2) is 57.7 Å². The van der Waals surface area contributed by atoms with Crippen LogP contribution in [0, 0.1) is 5.92 Å². The van der Waals surface area contributed by atoms with Gasteiger partial charge < -0.3 is 14.3 Å². The molecule has 37 heavy (non-hydrogen) atoms. The maximum Gasteiger partial charge on any atom is 0.389 e. The van der Waals surface area contributed by atoms with Crippen molar-refractivity contribution >= 4 is 33.6 Å². The predicted octanol–water partition coefficient (Wildman–Crippen LogP) is 4.62. The van der Waals surface area contributed by atoms with E-state index in [0.29, 0.717) is 27.6 Å². The molecule has 0 saturated heterocycles. The number of ketones is 1. The highest BCUT2D eigenvalue weighted by molar-refractivity contribution is 5.99. The quantitative estimate of drug-likeness (QED) is 0.226. The average molecular weight is 517 g/mol. The summed E-state index contributed by atoms with van der Waals surface area (Å²) in [6, 6.07) is 12.6. The number of ether oxygens (including phenoxy) is 1. The SMILES string of the molecule is O=C(CC(CCn1nnc2ccccc2c1=O)C(=O)O)c1cc2cc(OCCCC(F)(F)F)ccc2o1. The molecular formula is C25H22F3N3O6. The van der Waals surface area contributed by atoms with Crippen LogP contribution in [-0.4, -0.2) is 44.6 Å². The average Bonchev–Trinajstić information content (AvgIpc) is 3.28. The molecule has 2 aromatic heterocycles. The number of hydrogen-bond donors (Lipinski definition) is 1. The van der Waals surface area contributed by atoms with E-state index in [1.807, 2.05) is 0 Å². The first-order valence-corrected chi connectivity index (χ1v) is 11.4. The lowest BCUT2D eigenvalue weighted by molar-refractivity contribution is -0.142. The lowest BCUT2D eigenvalue weighted by atomic mass is 9.98. The normalized spacial score (nSPS) is 12.6. The molecule has 0 aliphatic heterocycles. The van der Waals surface area contributed by atoms with Crippen LogP contribution in [0.4, 0.5) is 13.2 Å². The molecule has 4 rings (SSSR count). The monoisotopic (exact) mass is 517 g/mol. The van der Waals surface area contributed by atoms with Gasteiger partial charge in [-0.25, -0.2) is 4.68 Å². The van der Waals surface area contributed by atoms with Crippen molar-refractivity contribution in [1.29, 1.82) is 0 Å². The van der Waals surface area contributed by atoms with Crippen molar-refractivity contribution in [3.8, 4) is 5.75 Å². The number of furan rings is 1. The van der Waals surface area contributed by atoms with Gasteiger partial charge in [0.15, 0.2) is 11.5 Å². The van der Waals surface area contributed by atoms with Crippen molar-refractivity contribution in [2.75, 3.05) is 6.61 Å². The summed E-state index contributed by atoms with van der Waals surface area (Å²) in [7, 11) is 0. The van der Waals surface area contributed by atoms with Crippen LogP contribution in [0.3, 0.4) is 0 Å². The number of alkyl halides is 3. The number of aliphatic carboxylic acids is 1. The summed E-state index contributed by atoms with van der Waals surface area (Å²) in [6.45, 7) is -0.171. The molecule has 0 bridgehead atoms. The molecule has 0 aliphatic carbocycles. The van der Waals surface area contributed by atoms with Gasteiger partial charge in [-0.05, 0) is 49.2 Å². The summed E-state index contributed by atoms with van der Waals surface area (Å²) in [5, 5.41) is 18.3. The fourth-order valence-corrected chi connectivity index (χ4v) is 3.80. The van der Waals surface area contributed by atoms with Gasteiger partial charge in [-0.1, -0.05) is 17.3 Å². The first-order chi connectivity index (χ1) is 17.6. The number of carbonyl (C=O) groups is 2. The van der Waals surface area contributed by atoms with Gasteiger partial charge >= 0.3 is 12.1 Å². The van der Waals surface area contributed by atoms with Gasteiger partial charge in [0.05, 0.1) is 17.9 Å². The van der Waals surface area contributed by atoms with Crippen molar-refractivity contribution in [3.63, 3.8) is 0 Å². The lowest BCUT2D eigenvalue weighted by Crippen LogP contribution is -2.27. The van der Waals surface area contributed by atoms with Gasteiger partial charge in [-0.15, -0.1) is 5.10 Å². The third kappa shape index (κ3) is 6.51. The van der Waals surface area contributed by atoms with Gasteiger partial charge in [0.25, 0.3) is 5.56 Å². The second-order valence-electron chi connectivity index (χ2n) is 8.46. The third-order valence-corrected chi connectivity index (χ3v) is 5.74. The van der Waals surface area contributed by atoms with Crippen LogP contribution < -0.4 is 10.3 Å². The molecule has 0 aliphatic rings. The Bertz CT molecular complexity index is 1490. The zero-order chi connectivity index (χ0) is 26.6. The Balaban J connectivity index is 1.40. The van der Waals surface area contributed by atoms with Gasteiger partial charge in [-0.2, -0.15) is 13.2 Å². The first kappa shape index (κ1) is 25.9. The summed E-state index contributed by atoms with van der Waals surface area (Å²) < 4.78 is 48.7. The number of carboxylic acids is 1. The number of hydrogen-bond acceptors (Lipinski definition) is 7. The van der Waals surface area contributed by atoms with Crippen LogP contribution >= 0.6 is 0 Å². The lowest BCUT2D eigenvalue weighted by Gasteiger charge is -2.11. The van der Waals surface area contributed by atoms with Crippen LogP contribution in [0.1, 0.15) is 36.2 Å². The van der Waals surface area contributed by atoms with Crippen LogP contribution in [0.5, 0.6) is 5.75 Å². The Morgan fingerprint density at radius 3 is 2.68 bits per heavy atom. The zero-order valence-electron chi connectivity index (χ0n) is 19.4. The highest BCUT2D eigenvalue weighted by Crippen LogP contribution is 2.27. The molecule has 1 unspecified atom stereocenters. The van der Waals surface area contributed by atoms with E-state index in [0.717, 1.165) is 4.68 Å². The number of nitrogens with zero attached hydrogens (tertiary/aromatic N) is 3. The van der Waals surface area contributed by atoms with E-state index in [2.05, 4.69) is 10.3 Å². The Hall–Kier alpha value is -4.22. The molecular weight excluding hydrogens is 495 g/mol. The Morgan fingerprint density at radius 1 is 1.14 bits per heavy atom. The van der Waals surface area contributed by atoms with Crippen molar-refractivity contribution in [2.24, 2.45) is 5.92 Å². The fourth-order valence-electron chi connectivity index (χ4n) is 3.80. The summed E-state index contributed by atoms with van der Waals surface area (Å²) in [6.07, 6.45) is -5.80. The van der Waals surface area contributed by atoms with E-state index < -0.39 is 35.8 Å². The number of carboxylic acid groups (broad SMARTS) is 1. The standard InChI is InChI=1S/C25H22F3N3O6/c26-25(27,28)9-3-11-36-17-6-7-21-16(12-17)14-22(37-21)20(32)13-15(24(34)35)8-10-31-23(33)18-4-1-2-5-19(18)29-30-31/h1-2,4-7,12,14-15H,3,8-11,13H2,(H,34,35). The Morgan fingerprint density at radius 2 is 1.92 bits per heavy atom. The zero-order valence-corrected chi connectivity index (χ0v) is 19.4. The van der Waals surface area contributed by atoms with E-state index in [9.17, 15) is 32.7 Å². The summed E-state index contributed by atoms with van der Waals surface area (Å²) in [5.41, 5.74) is 0.360. The van der Waals surface area contributed by atoms with Gasteiger partial charge in [0, 0.05) is 24.8 Å². The number of halogens is 3. The van der Waals surface area contributed by atoms with Crippen molar-refractivity contribution < 1.29 is 37.0 Å². The summed E-state index contributed by atoms with van der Waals surface area (Å²) >= 11 is 0. The summed E-state index contributed by atoms with van der Waals surface area (Å²) in [5.74, 6) is -2.60. The van der Waals surface area contributed by atoms with Gasteiger partial charge in [-0.3, -0.25) is 14.4 Å². The van der Waals surface area contributed by atoms with Gasteiger partial charge in [0.2, 0.25) is 0 Å². The molecule has 0 spiro atoms. The van der Waals surface area contributed by atoms with Crippen LogP contribution in [0.2, 0.25) is 0 Å². The number of benzene rings is 2. The first-order valence-electron chi connectivity index (χ1n) is 11.4. The maximum absolute atomic E-state index is 12.8. The van der Waals surface area contributed by atoms with Crippen molar-refractivity contribution in [3.05, 3.63) is 64.6 Å². The number of carbonyl (C=O) groups excluding carboxylic acids is 1. The Labute approximate surface area is 207 Å². The molecule has 0 amide bonds. The minimum atomic E-state index is -4.25. The topological polar surface area (TPSA) is 125 Å². The van der Waals surface area contributed by atoms with Crippen molar-refractivity contribution in [1.82, 2.24) is 15.0 Å². The van der Waals surface area contributed by atoms with E-state index in [-0.39, 0.29) is 38.2 Å². The fraction of sp³-hybridized carbons (Fsp3) is 0.320. The minimum Gasteiger partial charge on any atom is -0.494 e. The summed E-state index contributed by atoms with van der Waals surface area (Å²) in [4.78, 5) is 37.2. The second kappa shape index (κ2) is 10.8. The number of rotatable bonds is 11. The molecule has 12 heteroatoms. The minimum absolute atomic E-state index is 0.0376. The number of fused-ring (bicyclic) bond motifs is 2. The smallest absolute Gasteiger partial charge is 0.389 e. The highest BCUT2D eigenvalue weighted by Gasteiger charge is 2.26. The van der Waals surface area contributed by atoms with Gasteiger partial charge in [0.1, 0.15) is 16.8 Å².